The average molecular weight is 356 g/mol. The molecule has 24 heavy (non-hydrogen) atoms. The summed E-state index contributed by atoms with van der Waals surface area (Å²) in [5, 5.41) is 3.40. The summed E-state index contributed by atoms with van der Waals surface area (Å²) in [5.41, 5.74) is 2.18. The Morgan fingerprint density at radius 2 is 1.92 bits per heavy atom. The van der Waals surface area contributed by atoms with E-state index < -0.39 is 0 Å². The minimum atomic E-state index is -0.255. The Balaban J connectivity index is 1.74. The second kappa shape index (κ2) is 7.95. The summed E-state index contributed by atoms with van der Waals surface area (Å²) in [6.45, 7) is 0. The number of amides is 1. The van der Waals surface area contributed by atoms with Crippen molar-refractivity contribution in [2.45, 2.75) is 10.6 Å². The molecule has 1 N–H and O–H groups in total. The summed E-state index contributed by atoms with van der Waals surface area (Å²) in [7, 11) is 0. The van der Waals surface area contributed by atoms with Gasteiger partial charge in [0.05, 0.1) is 0 Å². The maximum atomic E-state index is 12.5. The first-order chi connectivity index (χ1) is 11.7. The highest BCUT2D eigenvalue weighted by Gasteiger charge is 2.13. The molecule has 0 fully saturated rings. The van der Waals surface area contributed by atoms with Crippen molar-refractivity contribution in [3.63, 3.8) is 0 Å². The average Bonchev–Trinajstić information content (AvgIpc) is 2.61. The number of nitrogens with one attached hydrogen (secondary N) is 1. The minimum Gasteiger partial charge on any atom is -0.321 e. The maximum absolute atomic E-state index is 12.5. The van der Waals surface area contributed by atoms with Crippen LogP contribution in [0, 0.1) is 0 Å². The van der Waals surface area contributed by atoms with Gasteiger partial charge in [-0.2, -0.15) is 0 Å². The van der Waals surface area contributed by atoms with Gasteiger partial charge in [0.15, 0.2) is 0 Å². The lowest BCUT2D eigenvalue weighted by atomic mass is 10.3. The molecule has 4 nitrogen and oxygen atoms in total. The standard InChI is InChI=1S/C18H14ClN3OS/c19-14-3-1-4-15(11-14)22-18(23)17-16(5-2-8-21-17)24-12-13-6-9-20-10-7-13/h1-11H,12H2,(H,22,23). The van der Waals surface area contributed by atoms with Crippen molar-refractivity contribution < 1.29 is 4.79 Å². The van der Waals surface area contributed by atoms with Crippen LogP contribution < -0.4 is 5.32 Å². The summed E-state index contributed by atoms with van der Waals surface area (Å²) in [6.07, 6.45) is 5.13. The van der Waals surface area contributed by atoms with Crippen LogP contribution in [0.15, 0.2) is 72.0 Å². The number of carbonyl (C=O) groups excluding carboxylic acids is 1. The van der Waals surface area contributed by atoms with E-state index in [1.807, 2.05) is 24.3 Å². The van der Waals surface area contributed by atoms with Crippen molar-refractivity contribution in [3.05, 3.63) is 83.4 Å². The first kappa shape index (κ1) is 16.5. The first-order valence-electron chi connectivity index (χ1n) is 7.26. The lowest BCUT2D eigenvalue weighted by molar-refractivity contribution is 0.101. The van der Waals surface area contributed by atoms with Gasteiger partial charge in [-0.05, 0) is 48.0 Å². The van der Waals surface area contributed by atoms with Gasteiger partial charge in [-0.3, -0.25) is 9.78 Å². The van der Waals surface area contributed by atoms with E-state index in [0.29, 0.717) is 16.4 Å². The second-order valence-electron chi connectivity index (χ2n) is 4.96. The van der Waals surface area contributed by atoms with E-state index >= 15 is 0 Å². The molecule has 0 unspecified atom stereocenters. The SMILES string of the molecule is O=C(Nc1cccc(Cl)c1)c1ncccc1SCc1ccncc1. The number of thioether (sulfide) groups is 1. The normalized spacial score (nSPS) is 10.4. The van der Waals surface area contributed by atoms with Crippen molar-refractivity contribution in [2.75, 3.05) is 5.32 Å². The van der Waals surface area contributed by atoms with E-state index in [1.165, 1.54) is 0 Å². The highest BCUT2D eigenvalue weighted by Crippen LogP contribution is 2.26. The molecule has 3 aromatic rings. The lowest BCUT2D eigenvalue weighted by Gasteiger charge is -2.09. The fourth-order valence-electron chi connectivity index (χ4n) is 2.07. The third-order valence-electron chi connectivity index (χ3n) is 3.21. The van der Waals surface area contributed by atoms with Crippen LogP contribution in [0.25, 0.3) is 0 Å². The molecule has 0 aliphatic rings. The number of nitrogens with zero attached hydrogens (tertiary/aromatic N) is 2. The van der Waals surface area contributed by atoms with Gasteiger partial charge in [0.2, 0.25) is 0 Å². The largest absolute Gasteiger partial charge is 0.321 e. The predicted octanol–water partition coefficient (Wildman–Crippen LogP) is 4.67. The second-order valence-corrected chi connectivity index (χ2v) is 6.41. The van der Waals surface area contributed by atoms with Gasteiger partial charge in [-0.1, -0.05) is 17.7 Å². The molecule has 2 heterocycles. The van der Waals surface area contributed by atoms with Gasteiger partial charge < -0.3 is 5.32 Å². The molecule has 0 aliphatic heterocycles. The predicted molar refractivity (Wildman–Crippen MR) is 97.4 cm³/mol. The van der Waals surface area contributed by atoms with E-state index in [0.717, 1.165) is 16.2 Å². The number of rotatable bonds is 5. The fraction of sp³-hybridized carbons (Fsp3) is 0.0556. The van der Waals surface area contributed by atoms with Crippen LogP contribution in [0.4, 0.5) is 5.69 Å². The van der Waals surface area contributed by atoms with Crippen LogP contribution in [0.1, 0.15) is 16.1 Å². The topological polar surface area (TPSA) is 54.9 Å². The van der Waals surface area contributed by atoms with Crippen molar-refractivity contribution >= 4 is 35.0 Å². The molecule has 2 aromatic heterocycles. The van der Waals surface area contributed by atoms with Crippen molar-refractivity contribution in [2.24, 2.45) is 0 Å². The molecule has 0 aliphatic carbocycles. The number of aromatic nitrogens is 2. The van der Waals surface area contributed by atoms with E-state index in [1.54, 1.807) is 54.6 Å². The zero-order valence-electron chi connectivity index (χ0n) is 12.6. The Morgan fingerprint density at radius 3 is 2.71 bits per heavy atom. The molecular formula is C18H14ClN3OS. The van der Waals surface area contributed by atoms with Crippen molar-refractivity contribution in [1.82, 2.24) is 9.97 Å². The van der Waals surface area contributed by atoms with Crippen LogP contribution in [0.3, 0.4) is 0 Å². The molecular weight excluding hydrogens is 342 g/mol. The number of pyridine rings is 2. The molecule has 0 saturated carbocycles. The van der Waals surface area contributed by atoms with Gasteiger partial charge in [0.1, 0.15) is 5.69 Å². The molecule has 0 spiro atoms. The third-order valence-corrected chi connectivity index (χ3v) is 4.57. The van der Waals surface area contributed by atoms with Crippen LogP contribution in [-0.4, -0.2) is 15.9 Å². The zero-order chi connectivity index (χ0) is 16.8. The summed E-state index contributed by atoms with van der Waals surface area (Å²) in [6, 6.07) is 14.7. The zero-order valence-corrected chi connectivity index (χ0v) is 14.2. The molecule has 120 valence electrons. The summed E-state index contributed by atoms with van der Waals surface area (Å²) in [5.74, 6) is 0.487. The Labute approximate surface area is 149 Å². The molecule has 6 heteroatoms. The number of halogens is 1. The van der Waals surface area contributed by atoms with Gasteiger partial charge in [-0.15, -0.1) is 11.8 Å². The van der Waals surface area contributed by atoms with Gasteiger partial charge in [0, 0.05) is 39.9 Å². The minimum absolute atomic E-state index is 0.255. The monoisotopic (exact) mass is 355 g/mol. The summed E-state index contributed by atoms with van der Waals surface area (Å²) in [4.78, 5) is 21.6. The Kier molecular flexibility index (Phi) is 5.46. The van der Waals surface area contributed by atoms with Crippen molar-refractivity contribution in [3.8, 4) is 0 Å². The molecule has 0 radical (unpaired) electrons. The molecule has 0 saturated heterocycles. The Bertz CT molecular complexity index is 842. The Morgan fingerprint density at radius 1 is 1.08 bits per heavy atom. The first-order valence-corrected chi connectivity index (χ1v) is 8.62. The fourth-order valence-corrected chi connectivity index (χ4v) is 3.24. The van der Waals surface area contributed by atoms with Crippen molar-refractivity contribution in [1.29, 1.82) is 0 Å². The van der Waals surface area contributed by atoms with Gasteiger partial charge >= 0.3 is 0 Å². The highest BCUT2D eigenvalue weighted by atomic mass is 35.5. The molecule has 3 rings (SSSR count). The molecule has 1 amide bonds. The number of hydrogen-bond acceptors (Lipinski definition) is 4. The quantitative estimate of drug-likeness (QED) is 0.675. The van der Waals surface area contributed by atoms with E-state index in [-0.39, 0.29) is 5.91 Å². The highest BCUT2D eigenvalue weighted by molar-refractivity contribution is 7.98. The molecule has 0 atom stereocenters. The summed E-state index contributed by atoms with van der Waals surface area (Å²) >= 11 is 7.51. The maximum Gasteiger partial charge on any atom is 0.275 e. The lowest BCUT2D eigenvalue weighted by Crippen LogP contribution is -2.14. The van der Waals surface area contributed by atoms with Crippen LogP contribution in [0.2, 0.25) is 5.02 Å². The van der Waals surface area contributed by atoms with E-state index in [9.17, 15) is 4.79 Å². The third kappa shape index (κ3) is 4.34. The number of hydrogen-bond donors (Lipinski definition) is 1. The number of carbonyl (C=O) groups is 1. The number of anilines is 1. The summed E-state index contributed by atoms with van der Waals surface area (Å²) < 4.78 is 0. The Hall–Kier alpha value is -2.37. The van der Waals surface area contributed by atoms with Gasteiger partial charge in [-0.25, -0.2) is 4.98 Å². The van der Waals surface area contributed by atoms with Crippen LogP contribution in [0.5, 0.6) is 0 Å². The van der Waals surface area contributed by atoms with Crippen LogP contribution in [-0.2, 0) is 5.75 Å². The van der Waals surface area contributed by atoms with E-state index in [4.69, 9.17) is 11.6 Å². The smallest absolute Gasteiger partial charge is 0.275 e. The molecule has 1 aromatic carbocycles. The van der Waals surface area contributed by atoms with Crippen LogP contribution >= 0.6 is 23.4 Å². The number of benzene rings is 1. The van der Waals surface area contributed by atoms with E-state index in [2.05, 4.69) is 15.3 Å². The van der Waals surface area contributed by atoms with Gasteiger partial charge in [0.25, 0.3) is 5.91 Å². The molecule has 0 bridgehead atoms.